The normalized spacial score (nSPS) is 17.2. The van der Waals surface area contributed by atoms with E-state index in [-0.39, 0.29) is 5.41 Å². The lowest BCUT2D eigenvalue weighted by Crippen LogP contribution is -2.44. The summed E-state index contributed by atoms with van der Waals surface area (Å²) in [5.41, 5.74) is 1.27. The summed E-state index contributed by atoms with van der Waals surface area (Å²) in [4.78, 5) is 11.1. The molecule has 0 aliphatic carbocycles. The van der Waals surface area contributed by atoms with Gasteiger partial charge in [-0.3, -0.25) is 0 Å². The fraction of sp³-hybridized carbons (Fsp3) is 0.692. The molecule has 0 saturated carbocycles. The Morgan fingerprint density at radius 3 is 2.65 bits per heavy atom. The lowest BCUT2D eigenvalue weighted by atomic mass is 9.86. The molecule has 1 aromatic rings. The van der Waals surface area contributed by atoms with E-state index in [9.17, 15) is 0 Å². The van der Waals surface area contributed by atoms with Gasteiger partial charge in [0.1, 0.15) is 12.1 Å². The van der Waals surface area contributed by atoms with Gasteiger partial charge in [-0.05, 0) is 6.42 Å². The highest BCUT2D eigenvalue weighted by Gasteiger charge is 2.21. The molecule has 94 valence electrons. The minimum Gasteiger partial charge on any atom is -0.354 e. The zero-order valence-corrected chi connectivity index (χ0v) is 11.0. The summed E-state index contributed by atoms with van der Waals surface area (Å²) in [6, 6.07) is 2.15. The molecule has 1 aliphatic heterocycles. The lowest BCUT2D eigenvalue weighted by molar-refractivity contribution is 0.488. The summed E-state index contributed by atoms with van der Waals surface area (Å²) in [7, 11) is 0. The van der Waals surface area contributed by atoms with Gasteiger partial charge in [-0.25, -0.2) is 9.97 Å². The van der Waals surface area contributed by atoms with E-state index in [1.165, 1.54) is 0 Å². The number of rotatable bonds is 3. The number of hydrogen-bond acceptors (Lipinski definition) is 4. The topological polar surface area (TPSA) is 41.0 Å². The minimum atomic E-state index is 0.131. The molecular formula is C13H22N4. The van der Waals surface area contributed by atoms with Crippen molar-refractivity contribution in [2.45, 2.75) is 32.6 Å². The molecular weight excluding hydrogens is 212 g/mol. The van der Waals surface area contributed by atoms with Crippen molar-refractivity contribution < 1.29 is 0 Å². The van der Waals surface area contributed by atoms with Crippen molar-refractivity contribution in [2.24, 2.45) is 0 Å². The van der Waals surface area contributed by atoms with E-state index in [0.29, 0.717) is 0 Å². The predicted octanol–water partition coefficient (Wildman–Crippen LogP) is 1.57. The van der Waals surface area contributed by atoms with Crippen molar-refractivity contribution in [3.8, 4) is 0 Å². The Labute approximate surface area is 103 Å². The number of nitrogens with one attached hydrogen (secondary N) is 1. The summed E-state index contributed by atoms with van der Waals surface area (Å²) in [5, 5.41) is 3.36. The van der Waals surface area contributed by atoms with E-state index in [1.54, 1.807) is 6.33 Å². The van der Waals surface area contributed by atoms with Crippen LogP contribution in [0.15, 0.2) is 12.4 Å². The molecule has 0 spiro atoms. The van der Waals surface area contributed by atoms with Crippen LogP contribution in [0.3, 0.4) is 0 Å². The number of anilines is 1. The summed E-state index contributed by atoms with van der Waals surface area (Å²) < 4.78 is 0. The fourth-order valence-corrected chi connectivity index (χ4v) is 1.97. The fourth-order valence-electron chi connectivity index (χ4n) is 1.97. The third-order valence-electron chi connectivity index (χ3n) is 3.67. The zero-order chi connectivity index (χ0) is 12.3. The Bertz CT molecular complexity index is 369. The van der Waals surface area contributed by atoms with Gasteiger partial charge in [-0.2, -0.15) is 0 Å². The van der Waals surface area contributed by atoms with Crippen LogP contribution in [0.4, 0.5) is 5.82 Å². The number of piperazine rings is 1. The smallest absolute Gasteiger partial charge is 0.132 e. The van der Waals surface area contributed by atoms with E-state index >= 15 is 0 Å². The highest BCUT2D eigenvalue weighted by Crippen LogP contribution is 2.26. The minimum absolute atomic E-state index is 0.131. The largest absolute Gasteiger partial charge is 0.354 e. The van der Waals surface area contributed by atoms with Crippen molar-refractivity contribution in [1.82, 2.24) is 15.3 Å². The second-order valence-corrected chi connectivity index (χ2v) is 5.24. The molecule has 4 heteroatoms. The van der Waals surface area contributed by atoms with Crippen LogP contribution in [0.2, 0.25) is 0 Å². The summed E-state index contributed by atoms with van der Waals surface area (Å²) in [6.07, 6.45) is 2.79. The molecule has 0 atom stereocenters. The van der Waals surface area contributed by atoms with Crippen molar-refractivity contribution in [1.29, 1.82) is 0 Å². The van der Waals surface area contributed by atoms with Crippen LogP contribution in [0.1, 0.15) is 32.9 Å². The van der Waals surface area contributed by atoms with Crippen molar-refractivity contribution in [2.75, 3.05) is 31.1 Å². The first-order valence-corrected chi connectivity index (χ1v) is 6.41. The van der Waals surface area contributed by atoms with Crippen LogP contribution in [0, 0.1) is 0 Å². The van der Waals surface area contributed by atoms with Gasteiger partial charge < -0.3 is 10.2 Å². The average Bonchev–Trinajstić information content (AvgIpc) is 2.40. The van der Waals surface area contributed by atoms with E-state index in [0.717, 1.165) is 44.1 Å². The summed E-state index contributed by atoms with van der Waals surface area (Å²) >= 11 is 0. The molecule has 2 rings (SSSR count). The molecule has 0 radical (unpaired) electrons. The van der Waals surface area contributed by atoms with Gasteiger partial charge >= 0.3 is 0 Å². The first-order valence-electron chi connectivity index (χ1n) is 6.41. The van der Waals surface area contributed by atoms with E-state index in [4.69, 9.17) is 0 Å². The Morgan fingerprint density at radius 1 is 1.29 bits per heavy atom. The molecule has 4 nitrogen and oxygen atoms in total. The maximum absolute atomic E-state index is 4.42. The molecule has 1 N–H and O–H groups in total. The standard InChI is InChI=1S/C13H22N4/c1-4-13(2,3)11-9-12(16-10-15-11)17-7-5-14-6-8-17/h9-10,14H,4-8H2,1-3H3. The van der Waals surface area contributed by atoms with Gasteiger partial charge in [0.25, 0.3) is 0 Å². The highest BCUT2D eigenvalue weighted by atomic mass is 15.2. The van der Waals surface area contributed by atoms with Gasteiger partial charge in [0, 0.05) is 37.7 Å². The quantitative estimate of drug-likeness (QED) is 0.862. The van der Waals surface area contributed by atoms with Gasteiger partial charge in [-0.15, -0.1) is 0 Å². The molecule has 2 heterocycles. The average molecular weight is 234 g/mol. The third kappa shape index (κ3) is 2.75. The van der Waals surface area contributed by atoms with Crippen molar-refractivity contribution in [3.05, 3.63) is 18.1 Å². The van der Waals surface area contributed by atoms with Gasteiger partial charge in [0.2, 0.25) is 0 Å². The number of nitrogens with zero attached hydrogens (tertiary/aromatic N) is 3. The molecule has 1 aromatic heterocycles. The van der Waals surface area contributed by atoms with Crippen LogP contribution < -0.4 is 10.2 Å². The number of aromatic nitrogens is 2. The SMILES string of the molecule is CCC(C)(C)c1cc(N2CCNCC2)ncn1. The van der Waals surface area contributed by atoms with Crippen LogP contribution in [-0.2, 0) is 5.41 Å². The van der Waals surface area contributed by atoms with Crippen LogP contribution >= 0.6 is 0 Å². The van der Waals surface area contributed by atoms with Crippen LogP contribution in [0.5, 0.6) is 0 Å². The molecule has 1 fully saturated rings. The van der Waals surface area contributed by atoms with Crippen LogP contribution in [-0.4, -0.2) is 36.1 Å². The maximum atomic E-state index is 4.42. The Kier molecular flexibility index (Phi) is 3.62. The maximum Gasteiger partial charge on any atom is 0.132 e. The van der Waals surface area contributed by atoms with Crippen molar-refractivity contribution >= 4 is 5.82 Å². The highest BCUT2D eigenvalue weighted by molar-refractivity contribution is 5.41. The number of hydrogen-bond donors (Lipinski definition) is 1. The molecule has 0 bridgehead atoms. The molecule has 0 unspecified atom stereocenters. The second kappa shape index (κ2) is 5.00. The zero-order valence-electron chi connectivity index (χ0n) is 11.0. The summed E-state index contributed by atoms with van der Waals surface area (Å²) in [5.74, 6) is 1.07. The van der Waals surface area contributed by atoms with Gasteiger partial charge in [-0.1, -0.05) is 20.8 Å². The van der Waals surface area contributed by atoms with Gasteiger partial charge in [0.05, 0.1) is 5.69 Å². The molecule has 1 aliphatic rings. The van der Waals surface area contributed by atoms with Gasteiger partial charge in [0.15, 0.2) is 0 Å². The Morgan fingerprint density at radius 2 is 2.00 bits per heavy atom. The predicted molar refractivity (Wildman–Crippen MR) is 70.4 cm³/mol. The monoisotopic (exact) mass is 234 g/mol. The first-order chi connectivity index (χ1) is 8.13. The molecule has 1 saturated heterocycles. The first kappa shape index (κ1) is 12.3. The lowest BCUT2D eigenvalue weighted by Gasteiger charge is -2.29. The van der Waals surface area contributed by atoms with E-state index in [2.05, 4.69) is 47.0 Å². The van der Waals surface area contributed by atoms with Crippen molar-refractivity contribution in [3.63, 3.8) is 0 Å². The summed E-state index contributed by atoms with van der Waals surface area (Å²) in [6.45, 7) is 10.8. The molecule has 0 aromatic carbocycles. The van der Waals surface area contributed by atoms with E-state index in [1.807, 2.05) is 0 Å². The Hall–Kier alpha value is -1.16. The molecule has 17 heavy (non-hydrogen) atoms. The molecule has 0 amide bonds. The van der Waals surface area contributed by atoms with E-state index < -0.39 is 0 Å². The third-order valence-corrected chi connectivity index (χ3v) is 3.67. The second-order valence-electron chi connectivity index (χ2n) is 5.24. The van der Waals surface area contributed by atoms with Crippen LogP contribution in [0.25, 0.3) is 0 Å². The Balaban J connectivity index is 2.21.